The van der Waals surface area contributed by atoms with Gasteiger partial charge < -0.3 is 5.11 Å². The van der Waals surface area contributed by atoms with Crippen LogP contribution in [0.5, 0.6) is 5.75 Å². The average molecular weight is 199 g/mol. The average Bonchev–Trinajstić information content (AvgIpc) is 2.02. The first-order valence-electron chi connectivity index (χ1n) is 3.49. The van der Waals surface area contributed by atoms with Gasteiger partial charge in [0.25, 0.3) is 0 Å². The van der Waals surface area contributed by atoms with Crippen molar-refractivity contribution in [1.82, 2.24) is 9.97 Å². The molecule has 0 aliphatic carbocycles. The van der Waals surface area contributed by atoms with Gasteiger partial charge in [0.05, 0.1) is 10.9 Å². The lowest BCUT2D eigenvalue weighted by Crippen LogP contribution is -1.91. The van der Waals surface area contributed by atoms with Gasteiger partial charge in [0, 0.05) is 0 Å². The van der Waals surface area contributed by atoms with E-state index in [2.05, 4.69) is 9.97 Å². The van der Waals surface area contributed by atoms with E-state index in [4.69, 9.17) is 11.6 Å². The van der Waals surface area contributed by atoms with Crippen LogP contribution in [0, 0.1) is 6.08 Å². The fourth-order valence-electron chi connectivity index (χ4n) is 1.09. The van der Waals surface area contributed by atoms with Gasteiger partial charge in [0.1, 0.15) is 10.9 Å². The molecule has 3 nitrogen and oxygen atoms in total. The molecule has 0 amide bonds. The predicted octanol–water partition coefficient (Wildman–Crippen LogP) is 2.13. The summed E-state index contributed by atoms with van der Waals surface area (Å²) in [5.41, 5.74) is 0.289. The van der Waals surface area contributed by atoms with Gasteiger partial charge in [0.15, 0.2) is 0 Å². The van der Waals surface area contributed by atoms with Gasteiger partial charge in [-0.05, 0) is 12.1 Å². The SMILES string of the molecule is Oc1cccc2nc(F)nc(Cl)c12. The van der Waals surface area contributed by atoms with Gasteiger partial charge >= 0.3 is 6.08 Å². The van der Waals surface area contributed by atoms with Crippen molar-refractivity contribution in [2.24, 2.45) is 0 Å². The summed E-state index contributed by atoms with van der Waals surface area (Å²) in [5, 5.41) is 9.54. The van der Waals surface area contributed by atoms with Crippen LogP contribution in [0.1, 0.15) is 0 Å². The highest BCUT2D eigenvalue weighted by Crippen LogP contribution is 2.28. The van der Waals surface area contributed by atoms with Crippen LogP contribution in [0.4, 0.5) is 4.39 Å². The van der Waals surface area contributed by atoms with Crippen LogP contribution in [-0.4, -0.2) is 15.1 Å². The maximum absolute atomic E-state index is 12.6. The van der Waals surface area contributed by atoms with E-state index in [1.165, 1.54) is 6.07 Å². The molecule has 0 saturated carbocycles. The zero-order chi connectivity index (χ0) is 9.42. The Morgan fingerprint density at radius 2 is 2.08 bits per heavy atom. The molecular weight excluding hydrogens is 195 g/mol. The highest BCUT2D eigenvalue weighted by molar-refractivity contribution is 6.34. The van der Waals surface area contributed by atoms with Gasteiger partial charge in [-0.2, -0.15) is 9.37 Å². The number of aromatic nitrogens is 2. The maximum atomic E-state index is 12.6. The molecular formula is C8H4ClFN2O. The lowest BCUT2D eigenvalue weighted by atomic mass is 10.2. The second-order valence-corrected chi connectivity index (χ2v) is 2.81. The minimum atomic E-state index is -0.900. The molecule has 2 rings (SSSR count). The second-order valence-electron chi connectivity index (χ2n) is 2.45. The number of fused-ring (bicyclic) bond motifs is 1. The molecule has 5 heteroatoms. The Morgan fingerprint density at radius 3 is 2.85 bits per heavy atom. The minimum Gasteiger partial charge on any atom is -0.507 e. The third kappa shape index (κ3) is 1.29. The van der Waals surface area contributed by atoms with E-state index < -0.39 is 6.08 Å². The first kappa shape index (κ1) is 8.19. The molecule has 0 aliphatic heterocycles. The number of phenols is 1. The van der Waals surface area contributed by atoms with Crippen LogP contribution in [-0.2, 0) is 0 Å². The van der Waals surface area contributed by atoms with E-state index in [-0.39, 0.29) is 21.8 Å². The maximum Gasteiger partial charge on any atom is 0.310 e. The molecule has 0 fully saturated rings. The third-order valence-corrected chi connectivity index (χ3v) is 1.90. The monoisotopic (exact) mass is 198 g/mol. The fourth-order valence-corrected chi connectivity index (χ4v) is 1.36. The zero-order valence-corrected chi connectivity index (χ0v) is 7.09. The molecule has 1 aromatic heterocycles. The number of rotatable bonds is 0. The number of hydrogen-bond donors (Lipinski definition) is 1. The number of hydrogen-bond acceptors (Lipinski definition) is 3. The quantitative estimate of drug-likeness (QED) is 0.521. The number of phenolic OH excluding ortho intramolecular Hbond substituents is 1. The predicted molar refractivity (Wildman–Crippen MR) is 46.2 cm³/mol. The summed E-state index contributed by atoms with van der Waals surface area (Å²) in [6.45, 7) is 0. The Labute approximate surface area is 77.8 Å². The zero-order valence-electron chi connectivity index (χ0n) is 6.33. The Morgan fingerprint density at radius 1 is 1.31 bits per heavy atom. The molecule has 0 spiro atoms. The highest BCUT2D eigenvalue weighted by atomic mass is 35.5. The Balaban J connectivity index is 2.94. The summed E-state index contributed by atoms with van der Waals surface area (Å²) >= 11 is 5.62. The van der Waals surface area contributed by atoms with Crippen LogP contribution in [0.25, 0.3) is 10.9 Å². The van der Waals surface area contributed by atoms with Crippen LogP contribution < -0.4 is 0 Å². The molecule has 1 N–H and O–H groups in total. The van der Waals surface area contributed by atoms with Crippen molar-refractivity contribution in [2.45, 2.75) is 0 Å². The lowest BCUT2D eigenvalue weighted by Gasteiger charge is -2.00. The van der Waals surface area contributed by atoms with Crippen LogP contribution in [0.3, 0.4) is 0 Å². The molecule has 0 atom stereocenters. The Kier molecular flexibility index (Phi) is 1.77. The van der Waals surface area contributed by atoms with Crippen molar-refractivity contribution >= 4 is 22.5 Å². The number of aromatic hydroxyl groups is 1. The number of nitrogens with zero attached hydrogens (tertiary/aromatic N) is 2. The largest absolute Gasteiger partial charge is 0.507 e. The van der Waals surface area contributed by atoms with E-state index >= 15 is 0 Å². The van der Waals surface area contributed by atoms with Crippen LogP contribution in [0.15, 0.2) is 18.2 Å². The molecule has 0 aliphatic rings. The van der Waals surface area contributed by atoms with E-state index in [1.807, 2.05) is 0 Å². The van der Waals surface area contributed by atoms with Crippen molar-refractivity contribution in [3.8, 4) is 5.75 Å². The summed E-state index contributed by atoms with van der Waals surface area (Å²) < 4.78 is 12.6. The summed E-state index contributed by atoms with van der Waals surface area (Å²) in [6, 6.07) is 4.54. The molecule has 1 heterocycles. The van der Waals surface area contributed by atoms with Crippen molar-refractivity contribution < 1.29 is 9.50 Å². The van der Waals surface area contributed by atoms with Gasteiger partial charge in [-0.15, -0.1) is 0 Å². The summed E-state index contributed by atoms with van der Waals surface area (Å²) in [4.78, 5) is 6.77. The molecule has 66 valence electrons. The van der Waals surface area contributed by atoms with Gasteiger partial charge in [-0.1, -0.05) is 17.7 Å². The third-order valence-electron chi connectivity index (χ3n) is 1.63. The Hall–Kier alpha value is -1.42. The van der Waals surface area contributed by atoms with Crippen molar-refractivity contribution in [3.05, 3.63) is 29.4 Å². The first-order valence-corrected chi connectivity index (χ1v) is 3.87. The molecule has 0 unspecified atom stereocenters. The minimum absolute atomic E-state index is 0.0532. The summed E-state index contributed by atoms with van der Waals surface area (Å²) in [5.74, 6) is -0.0532. The first-order chi connectivity index (χ1) is 6.18. The van der Waals surface area contributed by atoms with E-state index in [1.54, 1.807) is 12.1 Å². The van der Waals surface area contributed by atoms with Crippen molar-refractivity contribution in [3.63, 3.8) is 0 Å². The second kappa shape index (κ2) is 2.81. The smallest absolute Gasteiger partial charge is 0.310 e. The standard InChI is InChI=1S/C8H4ClFN2O/c9-7-6-4(11-8(10)12-7)2-1-3-5(6)13/h1-3,13H. The van der Waals surface area contributed by atoms with Crippen molar-refractivity contribution in [1.29, 1.82) is 0 Å². The molecule has 0 bridgehead atoms. The van der Waals surface area contributed by atoms with Gasteiger partial charge in [0.2, 0.25) is 0 Å². The summed E-state index contributed by atoms with van der Waals surface area (Å²) in [6.07, 6.45) is -0.900. The van der Waals surface area contributed by atoms with Gasteiger partial charge in [-0.3, -0.25) is 0 Å². The van der Waals surface area contributed by atoms with Crippen molar-refractivity contribution in [2.75, 3.05) is 0 Å². The highest BCUT2D eigenvalue weighted by Gasteiger charge is 2.08. The number of benzene rings is 1. The van der Waals surface area contributed by atoms with E-state index in [0.717, 1.165) is 0 Å². The van der Waals surface area contributed by atoms with Gasteiger partial charge in [-0.25, -0.2) is 4.98 Å². The van der Waals surface area contributed by atoms with Crippen LogP contribution >= 0.6 is 11.6 Å². The summed E-state index contributed by atoms with van der Waals surface area (Å²) in [7, 11) is 0. The normalized spacial score (nSPS) is 10.6. The fraction of sp³-hybridized carbons (Fsp3) is 0. The van der Waals surface area contributed by atoms with E-state index in [0.29, 0.717) is 0 Å². The molecule has 0 radical (unpaired) electrons. The molecule has 1 aromatic carbocycles. The molecule has 13 heavy (non-hydrogen) atoms. The molecule has 0 saturated heterocycles. The van der Waals surface area contributed by atoms with Crippen LogP contribution in [0.2, 0.25) is 5.15 Å². The lowest BCUT2D eigenvalue weighted by molar-refractivity contribution is 0.480. The number of halogens is 2. The molecule has 2 aromatic rings. The topological polar surface area (TPSA) is 46.0 Å². The Bertz CT molecular complexity index is 475. The van der Waals surface area contributed by atoms with E-state index in [9.17, 15) is 9.50 Å².